The molecule has 0 saturated heterocycles. The summed E-state index contributed by atoms with van der Waals surface area (Å²) in [7, 11) is 3.07. The predicted molar refractivity (Wildman–Crippen MR) is 118 cm³/mol. The number of methoxy groups -OCH3 is 2. The number of nitrogens with zero attached hydrogens (tertiary/aromatic N) is 2. The van der Waals surface area contributed by atoms with Gasteiger partial charge in [0.1, 0.15) is 23.9 Å². The summed E-state index contributed by atoms with van der Waals surface area (Å²) in [5, 5.41) is 12.6. The second-order valence-electron chi connectivity index (χ2n) is 7.28. The zero-order valence-electron chi connectivity index (χ0n) is 17.8. The number of imidazole rings is 1. The number of carbonyl (C=O) groups excluding carboxylic acids is 2. The van der Waals surface area contributed by atoms with Crippen LogP contribution in [0.15, 0.2) is 65.8 Å². The molecule has 1 unspecified atom stereocenters. The van der Waals surface area contributed by atoms with Crippen LogP contribution in [-0.4, -0.2) is 47.4 Å². The van der Waals surface area contributed by atoms with Gasteiger partial charge in [0.15, 0.2) is 5.76 Å². The van der Waals surface area contributed by atoms with E-state index in [9.17, 15) is 14.7 Å². The number of ether oxygens (including phenoxy) is 2. The highest BCUT2D eigenvalue weighted by Gasteiger charge is 2.45. The summed E-state index contributed by atoms with van der Waals surface area (Å²) in [5.41, 5.74) is 0.636. The van der Waals surface area contributed by atoms with Crippen molar-refractivity contribution in [3.8, 4) is 11.5 Å². The number of benzene rings is 1. The fourth-order valence-corrected chi connectivity index (χ4v) is 4.59. The maximum Gasteiger partial charge on any atom is 0.290 e. The normalized spacial score (nSPS) is 16.0. The Balaban J connectivity index is 1.74. The summed E-state index contributed by atoms with van der Waals surface area (Å²) in [6, 6.07) is 7.87. The van der Waals surface area contributed by atoms with Crippen LogP contribution >= 0.6 is 11.3 Å². The van der Waals surface area contributed by atoms with Gasteiger partial charge in [0.05, 0.1) is 37.3 Å². The smallest absolute Gasteiger partial charge is 0.290 e. The van der Waals surface area contributed by atoms with Gasteiger partial charge in [-0.2, -0.15) is 0 Å². The van der Waals surface area contributed by atoms with Crippen LogP contribution in [0.4, 0.5) is 0 Å². The molecular formula is C23H24N3O5S+. The second-order valence-corrected chi connectivity index (χ2v) is 8.23. The molecule has 1 atom stereocenters. The first-order valence-corrected chi connectivity index (χ1v) is 11.0. The Hall–Kier alpha value is -3.59. The monoisotopic (exact) mass is 454 g/mol. The van der Waals surface area contributed by atoms with E-state index in [2.05, 4.69) is 4.98 Å². The van der Waals surface area contributed by atoms with Crippen molar-refractivity contribution in [3.63, 3.8) is 0 Å². The number of nitrogens with one attached hydrogen (secondary N) is 1. The third kappa shape index (κ3) is 3.99. The lowest BCUT2D eigenvalue weighted by Crippen LogP contribution is -2.36. The molecule has 2 aromatic heterocycles. The van der Waals surface area contributed by atoms with E-state index in [1.807, 2.05) is 23.3 Å². The van der Waals surface area contributed by atoms with Crippen LogP contribution in [0.2, 0.25) is 0 Å². The molecule has 1 aliphatic heterocycles. The SMILES string of the molecule is COc1ccc(OC)c(C2C(C(=O)c3cccs3)=C(O)C(=O)N2CCC[n+]2cc[nH]c2)c1. The van der Waals surface area contributed by atoms with Crippen LogP contribution in [-0.2, 0) is 11.3 Å². The molecule has 166 valence electrons. The van der Waals surface area contributed by atoms with Crippen molar-refractivity contribution in [3.05, 3.63) is 76.2 Å². The minimum atomic E-state index is -0.793. The van der Waals surface area contributed by atoms with Gasteiger partial charge in [0.25, 0.3) is 5.91 Å². The first kappa shape index (κ1) is 21.6. The van der Waals surface area contributed by atoms with E-state index in [-0.39, 0.29) is 11.4 Å². The van der Waals surface area contributed by atoms with Gasteiger partial charge in [-0.3, -0.25) is 14.6 Å². The zero-order chi connectivity index (χ0) is 22.7. The number of aliphatic hydroxyl groups excluding tert-OH is 1. The number of thiophene rings is 1. The van der Waals surface area contributed by atoms with Gasteiger partial charge in [-0.05, 0) is 29.6 Å². The Kier molecular flexibility index (Phi) is 6.27. The molecule has 0 fully saturated rings. The average molecular weight is 455 g/mol. The molecule has 3 heterocycles. The van der Waals surface area contributed by atoms with E-state index in [0.29, 0.717) is 41.4 Å². The van der Waals surface area contributed by atoms with Crippen LogP contribution in [0, 0.1) is 0 Å². The summed E-state index contributed by atoms with van der Waals surface area (Å²) in [4.78, 5) is 31.4. The molecule has 2 N–H and O–H groups in total. The van der Waals surface area contributed by atoms with Crippen LogP contribution in [0.25, 0.3) is 0 Å². The number of aromatic nitrogens is 2. The molecule has 1 aromatic carbocycles. The second kappa shape index (κ2) is 9.27. The van der Waals surface area contributed by atoms with Crippen molar-refractivity contribution in [2.24, 2.45) is 0 Å². The van der Waals surface area contributed by atoms with E-state index in [1.165, 1.54) is 23.3 Å². The maximum absolute atomic E-state index is 13.3. The Labute approximate surface area is 189 Å². The number of carbonyl (C=O) groups is 2. The Morgan fingerprint density at radius 1 is 1.28 bits per heavy atom. The number of aliphatic hydroxyl groups is 1. The van der Waals surface area contributed by atoms with E-state index < -0.39 is 17.7 Å². The van der Waals surface area contributed by atoms with Crippen LogP contribution < -0.4 is 14.0 Å². The van der Waals surface area contributed by atoms with E-state index >= 15 is 0 Å². The van der Waals surface area contributed by atoms with Crippen molar-refractivity contribution in [1.29, 1.82) is 0 Å². The highest BCUT2D eigenvalue weighted by Crippen LogP contribution is 2.43. The lowest BCUT2D eigenvalue weighted by Gasteiger charge is -2.28. The largest absolute Gasteiger partial charge is 0.503 e. The molecule has 0 saturated carbocycles. The van der Waals surface area contributed by atoms with Crippen molar-refractivity contribution in [2.75, 3.05) is 20.8 Å². The fraction of sp³-hybridized carbons (Fsp3) is 0.261. The van der Waals surface area contributed by atoms with Gasteiger partial charge in [-0.1, -0.05) is 6.07 Å². The summed E-state index contributed by atoms with van der Waals surface area (Å²) < 4.78 is 12.9. The van der Waals surface area contributed by atoms with Crippen LogP contribution in [0.5, 0.6) is 11.5 Å². The predicted octanol–water partition coefficient (Wildman–Crippen LogP) is 3.05. The number of amides is 1. The summed E-state index contributed by atoms with van der Waals surface area (Å²) in [5.74, 6) is -0.403. The molecule has 0 aliphatic carbocycles. The van der Waals surface area contributed by atoms with Gasteiger partial charge in [-0.25, -0.2) is 4.57 Å². The quantitative estimate of drug-likeness (QED) is 0.383. The summed E-state index contributed by atoms with van der Waals surface area (Å²) in [6.07, 6.45) is 6.17. The average Bonchev–Trinajstić information content (AvgIpc) is 3.57. The molecule has 8 nitrogen and oxygen atoms in total. The van der Waals surface area contributed by atoms with Gasteiger partial charge in [0, 0.05) is 18.5 Å². The van der Waals surface area contributed by atoms with Gasteiger partial charge >= 0.3 is 0 Å². The van der Waals surface area contributed by atoms with Gasteiger partial charge in [-0.15, -0.1) is 11.3 Å². The number of hydrogen-bond donors (Lipinski definition) is 2. The Bertz CT molecular complexity index is 1140. The zero-order valence-corrected chi connectivity index (χ0v) is 18.6. The third-order valence-electron chi connectivity index (χ3n) is 5.44. The molecule has 9 heteroatoms. The molecule has 1 aliphatic rings. The minimum Gasteiger partial charge on any atom is -0.503 e. The molecule has 1 amide bonds. The third-order valence-corrected chi connectivity index (χ3v) is 6.31. The molecule has 32 heavy (non-hydrogen) atoms. The highest BCUT2D eigenvalue weighted by molar-refractivity contribution is 7.12. The topological polar surface area (TPSA) is 95.7 Å². The van der Waals surface area contributed by atoms with E-state index in [4.69, 9.17) is 9.47 Å². The number of ketones is 1. The number of aromatic amines is 1. The lowest BCUT2D eigenvalue weighted by molar-refractivity contribution is -0.695. The first-order chi connectivity index (χ1) is 15.5. The number of rotatable bonds is 9. The molecule has 0 spiro atoms. The Morgan fingerprint density at radius 3 is 2.78 bits per heavy atom. The van der Waals surface area contributed by atoms with Crippen molar-refractivity contribution >= 4 is 23.0 Å². The standard InChI is InChI=1S/C23H23N3O5S/c1-30-15-6-7-17(31-2)16(13-15)20-19(21(27)18-5-3-12-32-18)22(28)23(29)26(20)10-4-9-25-11-8-24-14-25/h3,5-8,11-14,20H,4,9-10H2,1-2H3,(H,27,28)/p+1. The van der Waals surface area contributed by atoms with Gasteiger partial charge in [0.2, 0.25) is 12.1 Å². The van der Waals surface area contributed by atoms with Crippen molar-refractivity contribution < 1.29 is 28.7 Å². The summed E-state index contributed by atoms with van der Waals surface area (Å²) in [6.45, 7) is 1.01. The number of aryl methyl sites for hydroxylation is 1. The van der Waals surface area contributed by atoms with Crippen molar-refractivity contribution in [1.82, 2.24) is 9.88 Å². The van der Waals surface area contributed by atoms with Crippen LogP contribution in [0.3, 0.4) is 0 Å². The fourth-order valence-electron chi connectivity index (χ4n) is 3.92. The minimum absolute atomic E-state index is 0.0540. The molecular weight excluding hydrogens is 430 g/mol. The van der Waals surface area contributed by atoms with E-state index in [1.54, 1.807) is 42.8 Å². The van der Waals surface area contributed by atoms with Crippen molar-refractivity contribution in [2.45, 2.75) is 19.0 Å². The van der Waals surface area contributed by atoms with Gasteiger partial charge < -0.3 is 19.5 Å². The lowest BCUT2D eigenvalue weighted by atomic mass is 9.94. The Morgan fingerprint density at radius 2 is 2.12 bits per heavy atom. The first-order valence-electron chi connectivity index (χ1n) is 10.1. The molecule has 4 rings (SSSR count). The molecule has 0 bridgehead atoms. The number of H-pyrrole nitrogens is 1. The maximum atomic E-state index is 13.3. The number of Topliss-reactive ketones (excluding diaryl/α,β-unsaturated/α-hetero) is 1. The molecule has 3 aromatic rings. The van der Waals surface area contributed by atoms with E-state index in [0.717, 1.165) is 0 Å². The van der Waals surface area contributed by atoms with Crippen LogP contribution in [0.1, 0.15) is 27.7 Å². The number of hydrogen-bond acceptors (Lipinski definition) is 6. The highest BCUT2D eigenvalue weighted by atomic mass is 32.1. The molecule has 0 radical (unpaired) electrons. The summed E-state index contributed by atoms with van der Waals surface area (Å²) >= 11 is 1.27.